The highest BCUT2D eigenvalue weighted by atomic mass is 16.3. The van der Waals surface area contributed by atoms with Crippen molar-refractivity contribution >= 4 is 0 Å². The van der Waals surface area contributed by atoms with Gasteiger partial charge < -0.3 is 5.11 Å². The maximum atomic E-state index is 9.00. The third kappa shape index (κ3) is 18.1. The first-order valence-electron chi connectivity index (χ1n) is 9.90. The van der Waals surface area contributed by atoms with E-state index < -0.39 is 0 Å². The number of aliphatic hydroxyl groups is 1. The summed E-state index contributed by atoms with van der Waals surface area (Å²) in [5, 5.41) is 9.00. The second kappa shape index (κ2) is 18.3. The van der Waals surface area contributed by atoms with Crippen molar-refractivity contribution in [2.45, 2.75) is 108 Å². The predicted molar refractivity (Wildman–Crippen MR) is 109 cm³/mol. The fraction of sp³-hybridized carbons (Fsp3) is 1.00. The van der Waals surface area contributed by atoms with Crippen molar-refractivity contribution in [1.29, 1.82) is 0 Å². The molecule has 0 aromatic carbocycles. The van der Waals surface area contributed by atoms with E-state index in [1.54, 1.807) is 0 Å². The van der Waals surface area contributed by atoms with Crippen molar-refractivity contribution in [3.05, 3.63) is 0 Å². The van der Waals surface area contributed by atoms with Gasteiger partial charge in [-0.3, -0.25) is 0 Å². The molecule has 2 atom stereocenters. The first-order valence-corrected chi connectivity index (χ1v) is 9.90. The van der Waals surface area contributed by atoms with Crippen LogP contribution in [0.4, 0.5) is 0 Å². The molecule has 0 saturated carbocycles. The normalized spacial score (nSPS) is 13.6. The third-order valence-corrected chi connectivity index (χ3v) is 4.94. The van der Waals surface area contributed by atoms with E-state index in [0.29, 0.717) is 18.4 Å². The largest absolute Gasteiger partial charge is 0.396 e. The molecule has 0 amide bonds. The lowest BCUT2D eigenvalue weighted by Gasteiger charge is -2.19. The Hall–Kier alpha value is -0.0400. The number of hydrogen-bond acceptors (Lipinski definition) is 1. The van der Waals surface area contributed by atoms with Gasteiger partial charge in [0.1, 0.15) is 0 Å². The van der Waals surface area contributed by atoms with Crippen LogP contribution in [0.15, 0.2) is 0 Å². The van der Waals surface area contributed by atoms with Gasteiger partial charge in [-0.05, 0) is 42.4 Å². The summed E-state index contributed by atoms with van der Waals surface area (Å²) in [5.41, 5.74) is 0. The minimum atomic E-state index is 0. The second-order valence-corrected chi connectivity index (χ2v) is 8.07. The highest BCUT2D eigenvalue weighted by molar-refractivity contribution is 4.62. The molecule has 0 spiro atoms. The molecule has 0 aromatic rings. The Labute approximate surface area is 149 Å². The molecule has 0 aliphatic rings. The van der Waals surface area contributed by atoms with Crippen LogP contribution < -0.4 is 0 Å². The van der Waals surface area contributed by atoms with E-state index in [1.807, 2.05) is 0 Å². The lowest BCUT2D eigenvalue weighted by atomic mass is 9.87. The van der Waals surface area contributed by atoms with Crippen molar-refractivity contribution in [1.82, 2.24) is 0 Å². The topological polar surface area (TPSA) is 20.2 Å². The van der Waals surface area contributed by atoms with Crippen molar-refractivity contribution in [2.75, 3.05) is 6.61 Å². The van der Waals surface area contributed by atoms with Gasteiger partial charge in [0.2, 0.25) is 0 Å². The van der Waals surface area contributed by atoms with Crippen LogP contribution >= 0.6 is 0 Å². The van der Waals surface area contributed by atoms with Gasteiger partial charge in [0.25, 0.3) is 0 Å². The lowest BCUT2D eigenvalue weighted by molar-refractivity contribution is 0.178. The number of unbranched alkanes of at least 4 members (excludes halogenated alkanes) is 2. The number of aliphatic hydroxyl groups excluding tert-OH is 1. The van der Waals surface area contributed by atoms with Gasteiger partial charge in [0, 0.05) is 6.61 Å². The Kier molecular flexibility index (Phi) is 22.1. The third-order valence-electron chi connectivity index (χ3n) is 4.94. The van der Waals surface area contributed by atoms with Gasteiger partial charge >= 0.3 is 0 Å². The highest BCUT2D eigenvalue weighted by Crippen LogP contribution is 2.22. The fourth-order valence-corrected chi connectivity index (χ4v) is 2.85. The van der Waals surface area contributed by atoms with Crippen LogP contribution in [0.3, 0.4) is 0 Å². The monoisotopic (exact) mass is 330 g/mol. The average Bonchev–Trinajstić information content (AvgIpc) is 2.44. The average molecular weight is 331 g/mol. The molecule has 1 N–H and O–H groups in total. The van der Waals surface area contributed by atoms with Gasteiger partial charge in [-0.1, -0.05) is 94.9 Å². The Morgan fingerprint density at radius 1 is 0.696 bits per heavy atom. The van der Waals surface area contributed by atoms with Gasteiger partial charge in [-0.15, -0.1) is 0 Å². The molecule has 144 valence electrons. The zero-order valence-corrected chi connectivity index (χ0v) is 17.0. The van der Waals surface area contributed by atoms with Crippen LogP contribution in [0.25, 0.3) is 0 Å². The molecule has 1 nitrogen and oxygen atoms in total. The maximum absolute atomic E-state index is 9.00. The molecule has 1 heteroatoms. The summed E-state index contributed by atoms with van der Waals surface area (Å²) in [6, 6.07) is 0. The molecule has 0 aliphatic carbocycles. The van der Waals surface area contributed by atoms with E-state index in [0.717, 1.165) is 17.8 Å². The van der Waals surface area contributed by atoms with E-state index in [1.165, 1.54) is 44.9 Å². The molecule has 0 bridgehead atoms. The van der Waals surface area contributed by atoms with Crippen LogP contribution in [0.5, 0.6) is 0 Å². The van der Waals surface area contributed by atoms with Crippen LogP contribution in [0, 0.1) is 29.6 Å². The van der Waals surface area contributed by atoms with Gasteiger partial charge in [0.15, 0.2) is 0 Å². The lowest BCUT2D eigenvalue weighted by Crippen LogP contribution is -2.12. The molecule has 0 unspecified atom stereocenters. The van der Waals surface area contributed by atoms with Crippen LogP contribution in [0.2, 0.25) is 0 Å². The summed E-state index contributed by atoms with van der Waals surface area (Å²) in [6.07, 6.45) is 9.23. The summed E-state index contributed by atoms with van der Waals surface area (Å²) in [6.45, 7) is 18.6. The Balaban J connectivity index is -0.000000333. The minimum Gasteiger partial charge on any atom is -0.396 e. The Bertz CT molecular complexity index is 208. The van der Waals surface area contributed by atoms with Gasteiger partial charge in [-0.2, -0.15) is 0 Å². The van der Waals surface area contributed by atoms with Gasteiger partial charge in [0.05, 0.1) is 0 Å². The summed E-state index contributed by atoms with van der Waals surface area (Å²) in [4.78, 5) is 0. The quantitative estimate of drug-likeness (QED) is 0.387. The summed E-state index contributed by atoms with van der Waals surface area (Å²) in [7, 11) is 0. The molecule has 0 rings (SSSR count). The van der Waals surface area contributed by atoms with Crippen molar-refractivity contribution in [3.63, 3.8) is 0 Å². The molecule has 0 fully saturated rings. The summed E-state index contributed by atoms with van der Waals surface area (Å²) < 4.78 is 0. The van der Waals surface area contributed by atoms with E-state index in [-0.39, 0.29) is 7.43 Å². The van der Waals surface area contributed by atoms with E-state index in [9.17, 15) is 0 Å². The smallest absolute Gasteiger partial charge is 0.0461 e. The minimum absolute atomic E-state index is 0. The Morgan fingerprint density at radius 2 is 1.22 bits per heavy atom. The molecular weight excluding hydrogens is 280 g/mol. The first kappa shape index (κ1) is 27.8. The number of hydrogen-bond donors (Lipinski definition) is 1. The molecular formula is C22H50O. The second-order valence-electron chi connectivity index (χ2n) is 8.07. The SMILES string of the molecule is C.CCCCC[C@H](CO)C(C)C.CC[C@@H](CCC(C)C)C(C)C. The molecule has 0 heterocycles. The van der Waals surface area contributed by atoms with Crippen LogP contribution in [-0.2, 0) is 0 Å². The standard InChI is InChI=1S/C11H24.C10H22O.CH4/c1-6-11(10(4)5)8-7-9(2)3;1-4-5-6-7-10(8-11)9(2)3;/h9-11H,6-8H2,1-5H3;9-11H,4-8H2,1-3H3;1H4/t11-;10-;/m01./s1. The molecule has 0 aliphatic heterocycles. The van der Waals surface area contributed by atoms with E-state index in [2.05, 4.69) is 55.4 Å². The fourth-order valence-electron chi connectivity index (χ4n) is 2.85. The zero-order chi connectivity index (χ0) is 17.5. The molecule has 0 radical (unpaired) electrons. The zero-order valence-electron chi connectivity index (χ0n) is 17.0. The summed E-state index contributed by atoms with van der Waals surface area (Å²) in [5.74, 6) is 3.87. The first-order chi connectivity index (χ1) is 10.3. The molecule has 0 aromatic heterocycles. The van der Waals surface area contributed by atoms with Crippen LogP contribution in [-0.4, -0.2) is 11.7 Å². The highest BCUT2D eigenvalue weighted by Gasteiger charge is 2.11. The van der Waals surface area contributed by atoms with E-state index in [4.69, 9.17) is 5.11 Å². The number of rotatable bonds is 11. The van der Waals surface area contributed by atoms with Crippen molar-refractivity contribution in [2.24, 2.45) is 29.6 Å². The molecule has 0 saturated heterocycles. The predicted octanol–water partition coefficient (Wildman–Crippen LogP) is 7.57. The van der Waals surface area contributed by atoms with Crippen molar-refractivity contribution < 1.29 is 5.11 Å². The van der Waals surface area contributed by atoms with Gasteiger partial charge in [-0.25, -0.2) is 0 Å². The van der Waals surface area contributed by atoms with Crippen molar-refractivity contribution in [3.8, 4) is 0 Å². The summed E-state index contributed by atoms with van der Waals surface area (Å²) >= 11 is 0. The maximum Gasteiger partial charge on any atom is 0.0461 e. The van der Waals surface area contributed by atoms with E-state index >= 15 is 0 Å². The molecule has 23 heavy (non-hydrogen) atoms. The van der Waals surface area contributed by atoms with Crippen LogP contribution in [0.1, 0.15) is 108 Å². The Morgan fingerprint density at radius 3 is 1.52 bits per heavy atom.